The first-order valence-electron chi connectivity index (χ1n) is 13.7. The van der Waals surface area contributed by atoms with E-state index in [2.05, 4.69) is 4.90 Å². The number of imidazole rings is 1. The lowest BCUT2D eigenvalue weighted by Crippen LogP contribution is -2.38. The van der Waals surface area contributed by atoms with Crippen LogP contribution in [0.2, 0.25) is 0 Å². The van der Waals surface area contributed by atoms with Gasteiger partial charge in [-0.05, 0) is 67.5 Å². The third-order valence-electron chi connectivity index (χ3n) is 7.43. The third-order valence-corrected chi connectivity index (χ3v) is 9.27. The van der Waals surface area contributed by atoms with E-state index < -0.39 is 21.8 Å². The van der Waals surface area contributed by atoms with Gasteiger partial charge < -0.3 is 15.2 Å². The van der Waals surface area contributed by atoms with Crippen LogP contribution >= 0.6 is 0 Å². The van der Waals surface area contributed by atoms with E-state index in [1.165, 1.54) is 4.31 Å². The van der Waals surface area contributed by atoms with Crippen molar-refractivity contribution < 1.29 is 21.6 Å². The number of hydrogen-bond donors (Lipinski definition) is 2. The number of aryl methyl sites for hydroxylation is 3. The minimum Gasteiger partial charge on any atom is -0.384 e. The minimum atomic E-state index is -4.57. The fourth-order valence-corrected chi connectivity index (χ4v) is 6.27. The maximum absolute atomic E-state index is 13.8. The van der Waals surface area contributed by atoms with E-state index in [9.17, 15) is 21.6 Å². The number of nitrogens with two attached hydrogens (primary N) is 1. The van der Waals surface area contributed by atoms with Crippen molar-refractivity contribution in [3.05, 3.63) is 89.2 Å². The first-order chi connectivity index (χ1) is 19.8. The summed E-state index contributed by atoms with van der Waals surface area (Å²) in [5.74, 6) is 0.831. The zero-order chi connectivity index (χ0) is 30.7. The molecule has 0 saturated heterocycles. The SMILES string of the molecule is CCN(CC)CCN(c1ccc2c(c1)nc(CCc1ccc(C(=N)N)cc1)n2C)S(=O)(=O)c1ccc(C(F)(F)F)cc1. The summed E-state index contributed by atoms with van der Waals surface area (Å²) in [4.78, 5) is 6.65. The molecule has 1 aromatic heterocycles. The van der Waals surface area contributed by atoms with Gasteiger partial charge in [0.1, 0.15) is 11.7 Å². The van der Waals surface area contributed by atoms with Crippen LogP contribution in [0.4, 0.5) is 18.9 Å². The van der Waals surface area contributed by atoms with Crippen LogP contribution in [0.25, 0.3) is 11.0 Å². The van der Waals surface area contributed by atoms with Crippen LogP contribution in [-0.4, -0.2) is 54.9 Å². The van der Waals surface area contributed by atoms with E-state index in [1.807, 2.05) is 55.8 Å². The summed E-state index contributed by atoms with van der Waals surface area (Å²) in [6.07, 6.45) is -3.22. The van der Waals surface area contributed by atoms with Crippen molar-refractivity contribution >= 4 is 32.6 Å². The monoisotopic (exact) mass is 600 g/mol. The minimum absolute atomic E-state index is 0.0131. The summed E-state index contributed by atoms with van der Waals surface area (Å²) in [6.45, 7) is 5.98. The van der Waals surface area contributed by atoms with E-state index in [1.54, 1.807) is 12.1 Å². The first kappa shape index (κ1) is 31.0. The molecule has 0 saturated carbocycles. The molecule has 4 rings (SSSR count). The van der Waals surface area contributed by atoms with Crippen LogP contribution in [0.15, 0.2) is 71.6 Å². The molecule has 0 unspecified atom stereocenters. The summed E-state index contributed by atoms with van der Waals surface area (Å²) in [5.41, 5.74) is 8.19. The number of nitrogens with zero attached hydrogens (tertiary/aromatic N) is 4. The molecule has 3 N–H and O–H groups in total. The van der Waals surface area contributed by atoms with Crippen molar-refractivity contribution in [3.8, 4) is 0 Å². The molecule has 0 aliphatic heterocycles. The molecule has 0 aliphatic carbocycles. The van der Waals surface area contributed by atoms with Gasteiger partial charge >= 0.3 is 6.18 Å². The molecule has 1 heterocycles. The second-order valence-corrected chi connectivity index (χ2v) is 11.9. The van der Waals surface area contributed by atoms with Gasteiger partial charge in [0.2, 0.25) is 0 Å². The highest BCUT2D eigenvalue weighted by Crippen LogP contribution is 2.32. The zero-order valence-electron chi connectivity index (χ0n) is 23.8. The highest BCUT2D eigenvalue weighted by Gasteiger charge is 2.32. The fraction of sp³-hybridized carbons (Fsp3) is 0.333. The lowest BCUT2D eigenvalue weighted by molar-refractivity contribution is -0.137. The number of rotatable bonds is 12. The zero-order valence-corrected chi connectivity index (χ0v) is 24.6. The standard InChI is InChI=1S/C30H35F3N6O2S/c1-4-38(5-2)18-19-39(42(40,41)25-14-11-23(12-15-25)30(31,32)33)24-13-16-27-26(20-24)36-28(37(27)3)17-8-21-6-9-22(10-7-21)29(34)35/h6-7,9-16,20H,4-5,8,17-19H2,1-3H3,(H3,34,35). The molecule has 0 fully saturated rings. The molecule has 3 aromatic carbocycles. The van der Waals surface area contributed by atoms with E-state index >= 15 is 0 Å². The molecule has 224 valence electrons. The van der Waals surface area contributed by atoms with Crippen molar-refractivity contribution in [2.75, 3.05) is 30.5 Å². The Morgan fingerprint density at radius 1 is 0.952 bits per heavy atom. The number of likely N-dealkylation sites (N-methyl/N-ethyl adjacent to an activating group) is 1. The van der Waals surface area contributed by atoms with Crippen LogP contribution in [0.5, 0.6) is 0 Å². The van der Waals surface area contributed by atoms with E-state index in [-0.39, 0.29) is 17.3 Å². The Balaban J connectivity index is 1.65. The molecular weight excluding hydrogens is 565 g/mol. The van der Waals surface area contributed by atoms with Gasteiger partial charge in [-0.25, -0.2) is 13.4 Å². The average Bonchev–Trinajstić information content (AvgIpc) is 3.28. The van der Waals surface area contributed by atoms with Gasteiger partial charge in [-0.2, -0.15) is 13.2 Å². The van der Waals surface area contributed by atoms with Crippen LogP contribution in [-0.2, 0) is 36.1 Å². The van der Waals surface area contributed by atoms with Gasteiger partial charge in [0.15, 0.2) is 0 Å². The fourth-order valence-electron chi connectivity index (χ4n) is 4.83. The molecule has 0 atom stereocenters. The smallest absolute Gasteiger partial charge is 0.384 e. The number of fused-ring (bicyclic) bond motifs is 1. The van der Waals surface area contributed by atoms with Gasteiger partial charge in [-0.3, -0.25) is 9.71 Å². The first-order valence-corrected chi connectivity index (χ1v) is 15.1. The maximum atomic E-state index is 13.8. The maximum Gasteiger partial charge on any atom is 0.416 e. The van der Waals surface area contributed by atoms with Gasteiger partial charge in [0.05, 0.1) is 27.2 Å². The van der Waals surface area contributed by atoms with Crippen molar-refractivity contribution in [1.29, 1.82) is 5.41 Å². The van der Waals surface area contributed by atoms with Crippen molar-refractivity contribution in [2.45, 2.75) is 37.8 Å². The number of anilines is 1. The summed E-state index contributed by atoms with van der Waals surface area (Å²) in [5, 5.41) is 7.54. The van der Waals surface area contributed by atoms with Crippen molar-refractivity contribution in [3.63, 3.8) is 0 Å². The Labute approximate surface area is 244 Å². The largest absolute Gasteiger partial charge is 0.416 e. The summed E-state index contributed by atoms with van der Waals surface area (Å²) in [7, 11) is -2.27. The second kappa shape index (κ2) is 12.5. The molecule has 0 bridgehead atoms. The highest BCUT2D eigenvalue weighted by atomic mass is 32.2. The van der Waals surface area contributed by atoms with Crippen molar-refractivity contribution in [2.24, 2.45) is 12.8 Å². The Morgan fingerprint density at radius 2 is 1.60 bits per heavy atom. The van der Waals surface area contributed by atoms with Crippen molar-refractivity contribution in [1.82, 2.24) is 14.5 Å². The molecule has 8 nitrogen and oxygen atoms in total. The number of halogens is 3. The van der Waals surface area contributed by atoms with Gasteiger partial charge in [0.25, 0.3) is 10.0 Å². The summed E-state index contributed by atoms with van der Waals surface area (Å²) in [6, 6.07) is 16.3. The average molecular weight is 601 g/mol. The number of alkyl halides is 3. The molecular formula is C30H35F3N6O2S. The molecule has 42 heavy (non-hydrogen) atoms. The normalized spacial score (nSPS) is 12.3. The van der Waals surface area contributed by atoms with E-state index in [0.29, 0.717) is 36.2 Å². The molecule has 0 spiro atoms. The number of nitrogens with one attached hydrogen (secondary N) is 1. The third kappa shape index (κ3) is 6.76. The Bertz CT molecular complexity index is 1650. The summed E-state index contributed by atoms with van der Waals surface area (Å²) >= 11 is 0. The molecule has 0 amide bonds. The highest BCUT2D eigenvalue weighted by molar-refractivity contribution is 7.92. The molecule has 12 heteroatoms. The van der Waals surface area contributed by atoms with Crippen LogP contribution in [0, 0.1) is 5.41 Å². The number of amidine groups is 1. The van der Waals surface area contributed by atoms with Crippen LogP contribution in [0.1, 0.15) is 36.4 Å². The number of nitrogen functional groups attached to an aromatic ring is 1. The van der Waals surface area contributed by atoms with Crippen LogP contribution in [0.3, 0.4) is 0 Å². The van der Waals surface area contributed by atoms with Crippen LogP contribution < -0.4 is 10.0 Å². The Morgan fingerprint density at radius 3 is 2.17 bits per heavy atom. The number of sulfonamides is 1. The lowest BCUT2D eigenvalue weighted by atomic mass is 10.1. The van der Waals surface area contributed by atoms with Gasteiger partial charge in [0, 0.05) is 32.1 Å². The van der Waals surface area contributed by atoms with E-state index in [4.69, 9.17) is 16.1 Å². The Hall–Kier alpha value is -3.90. The second-order valence-electron chi connectivity index (χ2n) is 10.00. The number of hydrogen-bond acceptors (Lipinski definition) is 5. The topological polar surface area (TPSA) is 108 Å². The lowest BCUT2D eigenvalue weighted by Gasteiger charge is -2.28. The number of benzene rings is 3. The predicted molar refractivity (Wildman–Crippen MR) is 159 cm³/mol. The Kier molecular flexibility index (Phi) is 9.27. The summed E-state index contributed by atoms with van der Waals surface area (Å²) < 4.78 is 70.2. The molecule has 4 aromatic rings. The molecule has 0 radical (unpaired) electrons. The predicted octanol–water partition coefficient (Wildman–Crippen LogP) is 5.20. The van der Waals surface area contributed by atoms with Gasteiger partial charge in [-0.15, -0.1) is 0 Å². The number of aromatic nitrogens is 2. The molecule has 0 aliphatic rings. The van der Waals surface area contributed by atoms with Gasteiger partial charge in [-0.1, -0.05) is 38.1 Å². The van der Waals surface area contributed by atoms with E-state index in [0.717, 1.165) is 54.3 Å². The quantitative estimate of drug-likeness (QED) is 0.172.